The van der Waals surface area contributed by atoms with Crippen molar-refractivity contribution in [3.63, 3.8) is 0 Å². The van der Waals surface area contributed by atoms with Gasteiger partial charge in [-0.15, -0.1) is 0 Å². The smallest absolute Gasteiger partial charge is 0.120 e. The molecule has 16 heavy (non-hydrogen) atoms. The summed E-state index contributed by atoms with van der Waals surface area (Å²) in [5, 5.41) is 1.69. The van der Waals surface area contributed by atoms with Gasteiger partial charge in [-0.05, 0) is 31.9 Å². The van der Waals surface area contributed by atoms with E-state index in [0.717, 1.165) is 29.6 Å². The van der Waals surface area contributed by atoms with E-state index in [0.29, 0.717) is 6.42 Å². The Bertz CT molecular complexity index is 379. The summed E-state index contributed by atoms with van der Waals surface area (Å²) in [4.78, 5) is 10.9. The molecule has 0 aliphatic rings. The molecule has 0 aliphatic heterocycles. The van der Waals surface area contributed by atoms with Crippen LogP contribution in [0.2, 0.25) is 0 Å². The molecule has 1 aromatic carbocycles. The Morgan fingerprint density at radius 1 is 1.19 bits per heavy atom. The molecule has 86 valence electrons. The number of hydrogen-bond donors (Lipinski definition) is 0. The highest BCUT2D eigenvalue weighted by molar-refractivity contribution is 7.88. The minimum absolute atomic E-state index is 0.571. The van der Waals surface area contributed by atoms with E-state index in [1.165, 1.54) is 0 Å². The largest absolute Gasteiger partial charge is 0.303 e. The van der Waals surface area contributed by atoms with Crippen molar-refractivity contribution in [2.75, 3.05) is 0 Å². The summed E-state index contributed by atoms with van der Waals surface area (Å²) < 4.78 is 11.7. The molecule has 0 radical (unpaired) electrons. The van der Waals surface area contributed by atoms with Crippen molar-refractivity contribution in [3.8, 4) is 0 Å². The molecule has 2 nitrogen and oxygen atoms in total. The molecule has 0 fully saturated rings. The third kappa shape index (κ3) is 4.53. The highest BCUT2D eigenvalue weighted by Crippen LogP contribution is 2.09. The number of rotatable bonds is 6. The van der Waals surface area contributed by atoms with E-state index in [1.807, 2.05) is 37.3 Å². The second-order valence-electron chi connectivity index (χ2n) is 3.58. The Kier molecular flexibility index (Phi) is 5.72. The molecule has 0 heterocycles. The first-order chi connectivity index (χ1) is 7.74. The molecule has 1 unspecified atom stereocenters. The highest BCUT2D eigenvalue weighted by Gasteiger charge is 1.97. The number of aldehydes is 1. The Hall–Kier alpha value is -1.22. The molecular weight excluding hydrogens is 220 g/mol. The number of allylic oxidation sites excluding steroid dienone is 1. The van der Waals surface area contributed by atoms with Gasteiger partial charge in [0.25, 0.3) is 0 Å². The lowest BCUT2D eigenvalue weighted by Crippen LogP contribution is -1.86. The van der Waals surface area contributed by atoms with Crippen LogP contribution in [0.25, 0.3) is 0 Å². The number of unbranched alkanes of at least 4 members (excludes halogenated alkanes) is 2. The highest BCUT2D eigenvalue weighted by atomic mass is 32.2. The minimum atomic E-state index is -1.07. The predicted molar refractivity (Wildman–Crippen MR) is 66.6 cm³/mol. The molecule has 0 amide bonds. The summed E-state index contributed by atoms with van der Waals surface area (Å²) in [5.74, 6) is 0. The number of carbonyl (C=O) groups excluding carboxylic acids is 1. The molecule has 3 heteroatoms. The van der Waals surface area contributed by atoms with E-state index in [9.17, 15) is 9.00 Å². The average Bonchev–Trinajstić information content (AvgIpc) is 2.29. The van der Waals surface area contributed by atoms with Crippen molar-refractivity contribution >= 4 is 17.1 Å². The Morgan fingerprint density at radius 2 is 1.88 bits per heavy atom. The predicted octanol–water partition coefficient (Wildman–Crippen LogP) is 2.99. The fourth-order valence-corrected chi connectivity index (χ4v) is 2.10. The van der Waals surface area contributed by atoms with Gasteiger partial charge in [-0.2, -0.15) is 0 Å². The van der Waals surface area contributed by atoms with Gasteiger partial charge in [0.1, 0.15) is 6.29 Å². The van der Waals surface area contributed by atoms with Crippen LogP contribution in [0.3, 0.4) is 0 Å². The first kappa shape index (κ1) is 12.8. The van der Waals surface area contributed by atoms with E-state index in [2.05, 4.69) is 0 Å². The molecule has 0 bridgehead atoms. The zero-order valence-electron chi connectivity index (χ0n) is 9.39. The normalized spacial score (nSPS) is 12.8. The van der Waals surface area contributed by atoms with Crippen LogP contribution in [0.1, 0.15) is 24.8 Å². The maximum atomic E-state index is 11.7. The van der Waals surface area contributed by atoms with Crippen molar-refractivity contribution < 1.29 is 9.00 Å². The molecular formula is C13H16O2S. The van der Waals surface area contributed by atoms with Crippen LogP contribution in [0, 0.1) is 6.92 Å². The molecule has 1 rings (SSSR count). The standard InChI is InChI=1S/C13H16O2S/c1-12-6-8-13(9-7-12)16(15)11-5-3-2-4-10-14/h5-11H,2-4H2,1H3/b11-5+. The Labute approximate surface area is 98.8 Å². The topological polar surface area (TPSA) is 34.1 Å². The van der Waals surface area contributed by atoms with Crippen LogP contribution in [-0.2, 0) is 15.6 Å². The van der Waals surface area contributed by atoms with Crippen LogP contribution in [0.15, 0.2) is 40.6 Å². The molecule has 0 saturated heterocycles. The average molecular weight is 236 g/mol. The molecule has 0 aliphatic carbocycles. The van der Waals surface area contributed by atoms with Gasteiger partial charge in [-0.3, -0.25) is 0 Å². The van der Waals surface area contributed by atoms with Crippen LogP contribution >= 0.6 is 0 Å². The van der Waals surface area contributed by atoms with Crippen LogP contribution < -0.4 is 0 Å². The van der Waals surface area contributed by atoms with E-state index in [4.69, 9.17) is 0 Å². The van der Waals surface area contributed by atoms with Crippen LogP contribution in [0.4, 0.5) is 0 Å². The summed E-state index contributed by atoms with van der Waals surface area (Å²) in [7, 11) is -1.07. The number of aryl methyl sites for hydroxylation is 1. The van der Waals surface area contributed by atoms with Gasteiger partial charge in [0.15, 0.2) is 0 Å². The molecule has 1 aromatic rings. The van der Waals surface area contributed by atoms with Gasteiger partial charge < -0.3 is 4.79 Å². The lowest BCUT2D eigenvalue weighted by molar-refractivity contribution is -0.107. The van der Waals surface area contributed by atoms with Gasteiger partial charge in [0, 0.05) is 16.7 Å². The summed E-state index contributed by atoms with van der Waals surface area (Å²) in [6.45, 7) is 2.00. The third-order valence-electron chi connectivity index (χ3n) is 2.17. The van der Waals surface area contributed by atoms with E-state index < -0.39 is 10.8 Å². The zero-order valence-corrected chi connectivity index (χ0v) is 10.2. The number of hydrogen-bond acceptors (Lipinski definition) is 2. The first-order valence-corrected chi connectivity index (χ1v) is 6.53. The molecule has 0 N–H and O–H groups in total. The molecule has 0 spiro atoms. The van der Waals surface area contributed by atoms with Crippen molar-refractivity contribution in [2.24, 2.45) is 0 Å². The van der Waals surface area contributed by atoms with Crippen molar-refractivity contribution in [2.45, 2.75) is 31.1 Å². The Morgan fingerprint density at radius 3 is 2.50 bits per heavy atom. The quantitative estimate of drug-likeness (QED) is 0.562. The zero-order chi connectivity index (χ0) is 11.8. The summed E-state index contributed by atoms with van der Waals surface area (Å²) in [6, 6.07) is 7.66. The van der Waals surface area contributed by atoms with E-state index in [-0.39, 0.29) is 0 Å². The third-order valence-corrected chi connectivity index (χ3v) is 3.34. The SMILES string of the molecule is Cc1ccc(S(=O)/C=C/CCCC=O)cc1. The van der Waals surface area contributed by atoms with Crippen molar-refractivity contribution in [1.82, 2.24) is 0 Å². The van der Waals surface area contributed by atoms with Crippen molar-refractivity contribution in [3.05, 3.63) is 41.3 Å². The molecule has 1 atom stereocenters. The summed E-state index contributed by atoms with van der Waals surface area (Å²) in [5.41, 5.74) is 1.16. The second kappa shape index (κ2) is 7.12. The second-order valence-corrected chi connectivity index (χ2v) is 4.92. The van der Waals surface area contributed by atoms with Gasteiger partial charge >= 0.3 is 0 Å². The summed E-state index contributed by atoms with van der Waals surface area (Å²) in [6.07, 6.45) is 4.98. The maximum Gasteiger partial charge on any atom is 0.120 e. The van der Waals surface area contributed by atoms with Crippen molar-refractivity contribution in [1.29, 1.82) is 0 Å². The monoisotopic (exact) mass is 236 g/mol. The van der Waals surface area contributed by atoms with Gasteiger partial charge in [-0.25, -0.2) is 4.21 Å². The fraction of sp³-hybridized carbons (Fsp3) is 0.308. The fourth-order valence-electron chi connectivity index (χ4n) is 1.23. The van der Waals surface area contributed by atoms with E-state index in [1.54, 1.807) is 5.41 Å². The van der Waals surface area contributed by atoms with Crippen LogP contribution in [0.5, 0.6) is 0 Å². The number of carbonyl (C=O) groups is 1. The summed E-state index contributed by atoms with van der Waals surface area (Å²) >= 11 is 0. The maximum absolute atomic E-state index is 11.7. The first-order valence-electron chi connectivity index (χ1n) is 5.31. The van der Waals surface area contributed by atoms with Crippen LogP contribution in [-0.4, -0.2) is 10.5 Å². The minimum Gasteiger partial charge on any atom is -0.303 e. The van der Waals surface area contributed by atoms with Gasteiger partial charge in [-0.1, -0.05) is 23.8 Å². The number of benzene rings is 1. The van der Waals surface area contributed by atoms with E-state index >= 15 is 0 Å². The lowest BCUT2D eigenvalue weighted by Gasteiger charge is -1.97. The lowest BCUT2D eigenvalue weighted by atomic mass is 10.2. The van der Waals surface area contributed by atoms with Gasteiger partial charge in [0.05, 0.1) is 10.8 Å². The molecule has 0 saturated carbocycles. The Balaban J connectivity index is 2.45. The molecule has 0 aromatic heterocycles. The van der Waals surface area contributed by atoms with Gasteiger partial charge in [0.2, 0.25) is 0 Å².